The maximum absolute atomic E-state index is 12.9. The van der Waals surface area contributed by atoms with Gasteiger partial charge in [0.1, 0.15) is 6.73 Å². The molecule has 0 aromatic heterocycles. The van der Waals surface area contributed by atoms with Crippen molar-refractivity contribution < 1.29 is 9.53 Å². The van der Waals surface area contributed by atoms with Gasteiger partial charge in [-0.2, -0.15) is 0 Å². The second-order valence-electron chi connectivity index (χ2n) is 8.61. The van der Waals surface area contributed by atoms with Crippen molar-refractivity contribution in [1.82, 2.24) is 10.2 Å². The molecule has 1 aliphatic heterocycles. The van der Waals surface area contributed by atoms with E-state index in [1.54, 1.807) is 18.9 Å². The van der Waals surface area contributed by atoms with Crippen LogP contribution >= 0.6 is 24.0 Å². The van der Waals surface area contributed by atoms with Crippen LogP contribution in [0.3, 0.4) is 0 Å². The van der Waals surface area contributed by atoms with Gasteiger partial charge in [-0.25, -0.2) is 0 Å². The van der Waals surface area contributed by atoms with Crippen LogP contribution in [-0.4, -0.2) is 42.8 Å². The van der Waals surface area contributed by atoms with Crippen LogP contribution in [0.4, 0.5) is 5.69 Å². The van der Waals surface area contributed by atoms with E-state index in [2.05, 4.69) is 53.3 Å². The molecule has 35 heavy (non-hydrogen) atoms. The summed E-state index contributed by atoms with van der Waals surface area (Å²) in [7, 11) is 1.64. The number of aryl methyl sites for hydroxylation is 1. The molecular formula is C28H35N3O2S2. The lowest BCUT2D eigenvalue weighted by molar-refractivity contribution is -0.112. The Balaban J connectivity index is 1.55. The molecule has 3 rings (SSSR count). The summed E-state index contributed by atoms with van der Waals surface area (Å²) in [6.45, 7) is 10.5. The molecule has 2 N–H and O–H groups in total. The van der Waals surface area contributed by atoms with E-state index < -0.39 is 0 Å². The van der Waals surface area contributed by atoms with Crippen molar-refractivity contribution in [3.63, 3.8) is 0 Å². The number of piperidine rings is 1. The van der Waals surface area contributed by atoms with Crippen molar-refractivity contribution in [3.8, 4) is 11.1 Å². The van der Waals surface area contributed by atoms with Crippen molar-refractivity contribution in [1.29, 1.82) is 0 Å². The van der Waals surface area contributed by atoms with Gasteiger partial charge in [-0.3, -0.25) is 4.79 Å². The van der Waals surface area contributed by atoms with E-state index in [4.69, 9.17) is 17.0 Å². The number of para-hydroxylation sites is 1. The van der Waals surface area contributed by atoms with Crippen LogP contribution in [0.15, 0.2) is 71.0 Å². The highest BCUT2D eigenvalue weighted by Crippen LogP contribution is 2.33. The molecule has 186 valence electrons. The number of benzene rings is 2. The summed E-state index contributed by atoms with van der Waals surface area (Å²) in [5.74, 6) is 0.299. The van der Waals surface area contributed by atoms with E-state index in [0.29, 0.717) is 18.2 Å². The second-order valence-corrected chi connectivity index (χ2v) is 9.99. The highest BCUT2D eigenvalue weighted by Gasteiger charge is 2.23. The van der Waals surface area contributed by atoms with Crippen LogP contribution in [0.2, 0.25) is 0 Å². The number of methoxy groups -OCH3 is 1. The van der Waals surface area contributed by atoms with E-state index in [1.165, 1.54) is 5.56 Å². The van der Waals surface area contributed by atoms with E-state index in [1.807, 2.05) is 36.6 Å². The zero-order valence-corrected chi connectivity index (χ0v) is 22.4. The molecule has 0 aliphatic carbocycles. The number of carbonyl (C=O) groups excluding carboxylic acids is 1. The quantitative estimate of drug-likeness (QED) is 0.239. The number of hydrogen-bond acceptors (Lipinski definition) is 4. The SMILES string of the molecule is C=C(S/C=C(\C)C(=O)Nc1ccccc1-c1ccc(CC)cc1)C1CCN(C(=S)NCOC)CC1. The largest absolute Gasteiger partial charge is 0.365 e. The first-order valence-corrected chi connectivity index (χ1v) is 13.2. The number of allylic oxidation sites excluding steroid dienone is 1. The molecule has 2 aromatic carbocycles. The number of nitrogens with zero attached hydrogens (tertiary/aromatic N) is 1. The molecular weight excluding hydrogens is 474 g/mol. The fraction of sp³-hybridized carbons (Fsp3) is 0.357. The molecule has 0 atom stereocenters. The number of hydrogen-bond donors (Lipinski definition) is 2. The Morgan fingerprint density at radius 2 is 1.89 bits per heavy atom. The number of carbonyl (C=O) groups is 1. The number of ether oxygens (including phenoxy) is 1. The van der Waals surface area contributed by atoms with Crippen LogP contribution in [0.5, 0.6) is 0 Å². The average molecular weight is 510 g/mol. The van der Waals surface area contributed by atoms with Gasteiger partial charge < -0.3 is 20.3 Å². The fourth-order valence-corrected chi connectivity index (χ4v) is 5.05. The lowest BCUT2D eigenvalue weighted by Crippen LogP contribution is -2.44. The minimum Gasteiger partial charge on any atom is -0.365 e. The second kappa shape index (κ2) is 13.5. The molecule has 0 unspecified atom stereocenters. The highest BCUT2D eigenvalue weighted by molar-refractivity contribution is 8.05. The Kier molecular flexibility index (Phi) is 10.4. The van der Waals surface area contributed by atoms with Gasteiger partial charge in [-0.1, -0.05) is 56.0 Å². The van der Waals surface area contributed by atoms with E-state index in [0.717, 1.165) is 59.2 Å². The van der Waals surface area contributed by atoms with Crippen LogP contribution in [0, 0.1) is 5.92 Å². The number of anilines is 1. The lowest BCUT2D eigenvalue weighted by atomic mass is 9.97. The van der Waals surface area contributed by atoms with Crippen molar-refractivity contribution in [2.45, 2.75) is 33.1 Å². The van der Waals surface area contributed by atoms with Gasteiger partial charge in [0.2, 0.25) is 0 Å². The van der Waals surface area contributed by atoms with Gasteiger partial charge in [-0.15, -0.1) is 11.8 Å². The van der Waals surface area contributed by atoms with Gasteiger partial charge in [0.15, 0.2) is 5.11 Å². The molecule has 1 aliphatic rings. The topological polar surface area (TPSA) is 53.6 Å². The molecule has 7 heteroatoms. The smallest absolute Gasteiger partial charge is 0.251 e. The van der Waals surface area contributed by atoms with Crippen LogP contribution < -0.4 is 10.6 Å². The standard InChI is InChI=1S/C28H35N3O2S2/c1-5-22-10-12-24(13-11-22)25-8-6-7-9-26(25)30-27(32)20(2)18-35-21(3)23-14-16-31(17-15-23)28(34)29-19-33-4/h6-13,18,23H,3,5,14-17,19H2,1-2,4H3,(H,29,34)(H,30,32)/b20-18+. The third-order valence-corrected chi connectivity index (χ3v) is 7.71. The first kappa shape index (κ1) is 27.0. The van der Waals surface area contributed by atoms with Crippen LogP contribution in [0.1, 0.15) is 32.3 Å². The third kappa shape index (κ3) is 7.69. The van der Waals surface area contributed by atoms with Gasteiger partial charge in [0.25, 0.3) is 5.91 Å². The number of likely N-dealkylation sites (tertiary alicyclic amines) is 1. The Bertz CT molecular complexity index is 1060. The Hall–Kier alpha value is -2.61. The molecule has 0 radical (unpaired) electrons. The van der Waals surface area contributed by atoms with Gasteiger partial charge >= 0.3 is 0 Å². The molecule has 2 aromatic rings. The Morgan fingerprint density at radius 1 is 1.20 bits per heavy atom. The summed E-state index contributed by atoms with van der Waals surface area (Å²) in [6, 6.07) is 16.4. The number of thiocarbonyl (C=S) groups is 1. The fourth-order valence-electron chi connectivity index (χ4n) is 3.95. The summed E-state index contributed by atoms with van der Waals surface area (Å²) < 4.78 is 5.03. The van der Waals surface area contributed by atoms with E-state index in [-0.39, 0.29) is 5.91 Å². The number of nitrogens with one attached hydrogen (secondary N) is 2. The van der Waals surface area contributed by atoms with Crippen LogP contribution in [-0.2, 0) is 16.0 Å². The predicted octanol–water partition coefficient (Wildman–Crippen LogP) is 6.20. The normalized spacial score (nSPS) is 14.5. The summed E-state index contributed by atoms with van der Waals surface area (Å²) in [4.78, 5) is 16.2. The number of rotatable bonds is 9. The molecule has 1 heterocycles. The predicted molar refractivity (Wildman–Crippen MR) is 152 cm³/mol. The van der Waals surface area contributed by atoms with Crippen LogP contribution in [0.25, 0.3) is 11.1 Å². The zero-order valence-electron chi connectivity index (χ0n) is 20.8. The van der Waals surface area contributed by atoms with Crippen molar-refractivity contribution >= 4 is 40.7 Å². The maximum Gasteiger partial charge on any atom is 0.251 e. The van der Waals surface area contributed by atoms with E-state index in [9.17, 15) is 4.79 Å². The van der Waals surface area contributed by atoms with Gasteiger partial charge in [0, 0.05) is 37.0 Å². The van der Waals surface area contributed by atoms with Crippen molar-refractivity contribution in [2.75, 3.05) is 32.2 Å². The Morgan fingerprint density at radius 3 is 2.54 bits per heavy atom. The third-order valence-electron chi connectivity index (χ3n) is 6.20. The van der Waals surface area contributed by atoms with E-state index >= 15 is 0 Å². The average Bonchev–Trinajstić information content (AvgIpc) is 2.90. The molecule has 0 saturated carbocycles. The summed E-state index contributed by atoms with van der Waals surface area (Å²) in [6.07, 6.45) is 2.98. The zero-order chi connectivity index (χ0) is 25.2. The molecule has 0 bridgehead atoms. The maximum atomic E-state index is 12.9. The molecule has 1 fully saturated rings. The number of amides is 1. The molecule has 1 amide bonds. The van der Waals surface area contributed by atoms with Crippen molar-refractivity contribution in [2.24, 2.45) is 5.92 Å². The number of thioether (sulfide) groups is 1. The molecule has 0 spiro atoms. The summed E-state index contributed by atoms with van der Waals surface area (Å²) >= 11 is 6.97. The Labute approximate surface area is 219 Å². The monoisotopic (exact) mass is 509 g/mol. The molecule has 5 nitrogen and oxygen atoms in total. The summed E-state index contributed by atoms with van der Waals surface area (Å²) in [5.41, 5.74) is 4.87. The summed E-state index contributed by atoms with van der Waals surface area (Å²) in [5, 5.41) is 8.82. The van der Waals surface area contributed by atoms with Crippen molar-refractivity contribution in [3.05, 3.63) is 76.6 Å². The minimum absolute atomic E-state index is 0.104. The minimum atomic E-state index is -0.104. The van der Waals surface area contributed by atoms with Gasteiger partial charge in [0.05, 0.1) is 0 Å². The first-order valence-electron chi connectivity index (χ1n) is 12.0. The highest BCUT2D eigenvalue weighted by atomic mass is 32.2. The van der Waals surface area contributed by atoms with Gasteiger partial charge in [-0.05, 0) is 71.8 Å². The first-order chi connectivity index (χ1) is 16.9. The lowest BCUT2D eigenvalue weighted by Gasteiger charge is -2.34. The molecule has 1 saturated heterocycles.